The summed E-state index contributed by atoms with van der Waals surface area (Å²) in [5.74, 6) is 0.900. The van der Waals surface area contributed by atoms with Crippen LogP contribution in [0.15, 0.2) is 54.1 Å². The third-order valence-corrected chi connectivity index (χ3v) is 1.81. The SMILES string of the molecule is O=NN(c1ccccn1)c1ccccn1. The Bertz CT molecular complexity index is 392. The third-order valence-electron chi connectivity index (χ3n) is 1.81. The minimum atomic E-state index is 0.450. The summed E-state index contributed by atoms with van der Waals surface area (Å²) in [5, 5.41) is 4.03. The standard InChI is InChI=1S/C10H8N4O/c15-13-14(9-5-1-3-7-11-9)10-6-2-4-8-12-10/h1-8H. The molecule has 2 aromatic rings. The molecule has 0 saturated carbocycles. The molecule has 0 N–H and O–H groups in total. The van der Waals surface area contributed by atoms with E-state index in [9.17, 15) is 4.91 Å². The van der Waals surface area contributed by atoms with Crippen LogP contribution in [0.4, 0.5) is 11.6 Å². The fourth-order valence-electron chi connectivity index (χ4n) is 1.16. The Labute approximate surface area is 86.4 Å². The molecule has 0 radical (unpaired) electrons. The van der Waals surface area contributed by atoms with E-state index < -0.39 is 0 Å². The van der Waals surface area contributed by atoms with E-state index in [1.807, 2.05) is 0 Å². The first kappa shape index (κ1) is 9.26. The maximum Gasteiger partial charge on any atom is 0.158 e. The quantitative estimate of drug-likeness (QED) is 0.563. The summed E-state index contributed by atoms with van der Waals surface area (Å²) in [6.07, 6.45) is 3.19. The van der Waals surface area contributed by atoms with E-state index in [1.54, 1.807) is 48.8 Å². The maximum atomic E-state index is 10.7. The molecule has 0 aliphatic carbocycles. The number of anilines is 2. The van der Waals surface area contributed by atoms with Crippen LogP contribution in [-0.2, 0) is 0 Å². The highest BCUT2D eigenvalue weighted by atomic mass is 16.3. The number of rotatable bonds is 3. The number of hydrogen-bond donors (Lipinski definition) is 0. The lowest BCUT2D eigenvalue weighted by molar-refractivity contribution is 0.989. The molecule has 2 heterocycles. The van der Waals surface area contributed by atoms with Crippen LogP contribution in [-0.4, -0.2) is 9.97 Å². The average Bonchev–Trinajstić information content (AvgIpc) is 2.33. The van der Waals surface area contributed by atoms with Crippen LogP contribution in [0.2, 0.25) is 0 Å². The first-order valence-corrected chi connectivity index (χ1v) is 4.37. The van der Waals surface area contributed by atoms with Gasteiger partial charge in [-0.2, -0.15) is 5.01 Å². The minimum Gasteiger partial charge on any atom is -0.237 e. The van der Waals surface area contributed by atoms with E-state index in [2.05, 4.69) is 15.3 Å². The molecular formula is C10H8N4O. The predicted octanol–water partition coefficient (Wildman–Crippen LogP) is 2.30. The van der Waals surface area contributed by atoms with Gasteiger partial charge in [-0.1, -0.05) is 12.1 Å². The van der Waals surface area contributed by atoms with Crippen molar-refractivity contribution >= 4 is 11.6 Å². The Hall–Kier alpha value is -2.30. The molecule has 0 fully saturated rings. The zero-order valence-corrected chi connectivity index (χ0v) is 7.82. The minimum absolute atomic E-state index is 0.450. The molecule has 0 amide bonds. The first-order chi connectivity index (χ1) is 7.42. The molecule has 0 saturated heterocycles. The van der Waals surface area contributed by atoms with Crippen molar-refractivity contribution in [2.24, 2.45) is 5.29 Å². The molecule has 0 aliphatic heterocycles. The molecule has 5 nitrogen and oxygen atoms in total. The van der Waals surface area contributed by atoms with Gasteiger partial charge >= 0.3 is 0 Å². The van der Waals surface area contributed by atoms with Gasteiger partial charge in [-0.25, -0.2) is 9.97 Å². The van der Waals surface area contributed by atoms with Crippen LogP contribution in [0.3, 0.4) is 0 Å². The van der Waals surface area contributed by atoms with Gasteiger partial charge in [0.15, 0.2) is 11.6 Å². The highest BCUT2D eigenvalue weighted by Gasteiger charge is 2.10. The van der Waals surface area contributed by atoms with Crippen molar-refractivity contribution in [2.75, 3.05) is 5.01 Å². The monoisotopic (exact) mass is 200 g/mol. The Morgan fingerprint density at radius 2 is 1.47 bits per heavy atom. The first-order valence-electron chi connectivity index (χ1n) is 4.37. The topological polar surface area (TPSA) is 58.5 Å². The molecule has 74 valence electrons. The fourth-order valence-corrected chi connectivity index (χ4v) is 1.16. The van der Waals surface area contributed by atoms with Crippen molar-refractivity contribution in [1.82, 2.24) is 9.97 Å². The van der Waals surface area contributed by atoms with Crippen molar-refractivity contribution in [1.29, 1.82) is 0 Å². The lowest BCUT2D eigenvalue weighted by Crippen LogP contribution is -2.10. The lowest BCUT2D eigenvalue weighted by atomic mass is 10.4. The largest absolute Gasteiger partial charge is 0.237 e. The van der Waals surface area contributed by atoms with Gasteiger partial charge in [0.05, 0.1) is 5.29 Å². The maximum absolute atomic E-state index is 10.7. The number of pyridine rings is 2. The molecule has 0 bridgehead atoms. The normalized spacial score (nSPS) is 9.60. The summed E-state index contributed by atoms with van der Waals surface area (Å²) in [5.41, 5.74) is 0. The summed E-state index contributed by atoms with van der Waals surface area (Å²) >= 11 is 0. The van der Waals surface area contributed by atoms with Crippen molar-refractivity contribution in [2.45, 2.75) is 0 Å². The molecule has 0 aromatic carbocycles. The van der Waals surface area contributed by atoms with E-state index in [0.29, 0.717) is 11.6 Å². The number of nitroso groups, excluding NO2 is 1. The van der Waals surface area contributed by atoms with E-state index in [4.69, 9.17) is 0 Å². The fraction of sp³-hybridized carbons (Fsp3) is 0. The predicted molar refractivity (Wildman–Crippen MR) is 56.4 cm³/mol. The van der Waals surface area contributed by atoms with Gasteiger partial charge in [-0.15, -0.1) is 4.91 Å². The lowest BCUT2D eigenvalue weighted by Gasteiger charge is -2.11. The van der Waals surface area contributed by atoms with Gasteiger partial charge in [0.1, 0.15) is 0 Å². The van der Waals surface area contributed by atoms with E-state index >= 15 is 0 Å². The second-order valence-electron chi connectivity index (χ2n) is 2.77. The second kappa shape index (κ2) is 4.28. The second-order valence-corrected chi connectivity index (χ2v) is 2.77. The van der Waals surface area contributed by atoms with Gasteiger partial charge in [-0.05, 0) is 24.3 Å². The van der Waals surface area contributed by atoms with Gasteiger partial charge in [-0.3, -0.25) is 0 Å². The Kier molecular flexibility index (Phi) is 2.64. The van der Waals surface area contributed by atoms with Gasteiger partial charge in [0.25, 0.3) is 0 Å². The molecule has 0 unspecified atom stereocenters. The zero-order chi connectivity index (χ0) is 10.5. The number of nitrogens with zero attached hydrogens (tertiary/aromatic N) is 4. The molecule has 0 spiro atoms. The molecular weight excluding hydrogens is 192 g/mol. The van der Waals surface area contributed by atoms with E-state index in [0.717, 1.165) is 5.01 Å². The van der Waals surface area contributed by atoms with Crippen LogP contribution in [0, 0.1) is 4.91 Å². The highest BCUT2D eigenvalue weighted by molar-refractivity contribution is 5.53. The summed E-state index contributed by atoms with van der Waals surface area (Å²) in [4.78, 5) is 18.7. The summed E-state index contributed by atoms with van der Waals surface area (Å²) in [7, 11) is 0. The Balaban J connectivity index is 2.38. The van der Waals surface area contributed by atoms with Gasteiger partial charge in [0.2, 0.25) is 0 Å². The average molecular weight is 200 g/mol. The Morgan fingerprint density at radius 3 is 1.80 bits per heavy atom. The summed E-state index contributed by atoms with van der Waals surface area (Å²) in [6, 6.07) is 10.5. The van der Waals surface area contributed by atoms with Crippen LogP contribution in [0.5, 0.6) is 0 Å². The van der Waals surface area contributed by atoms with Crippen molar-refractivity contribution in [3.05, 3.63) is 53.7 Å². The highest BCUT2D eigenvalue weighted by Crippen LogP contribution is 2.20. The smallest absolute Gasteiger partial charge is 0.158 e. The molecule has 2 rings (SSSR count). The molecule has 0 atom stereocenters. The van der Waals surface area contributed by atoms with E-state index in [1.165, 1.54) is 0 Å². The third kappa shape index (κ3) is 1.96. The summed E-state index contributed by atoms with van der Waals surface area (Å²) in [6.45, 7) is 0. The van der Waals surface area contributed by atoms with Gasteiger partial charge < -0.3 is 0 Å². The molecule has 5 heteroatoms. The number of hydrogen-bond acceptors (Lipinski definition) is 4. The van der Waals surface area contributed by atoms with E-state index in [-0.39, 0.29) is 0 Å². The van der Waals surface area contributed by atoms with Crippen molar-refractivity contribution in [3.63, 3.8) is 0 Å². The Morgan fingerprint density at radius 1 is 0.933 bits per heavy atom. The van der Waals surface area contributed by atoms with Crippen LogP contribution >= 0.6 is 0 Å². The molecule has 2 aromatic heterocycles. The van der Waals surface area contributed by atoms with Crippen LogP contribution in [0.25, 0.3) is 0 Å². The van der Waals surface area contributed by atoms with Gasteiger partial charge in [0, 0.05) is 12.4 Å². The van der Waals surface area contributed by atoms with Crippen LogP contribution in [0.1, 0.15) is 0 Å². The van der Waals surface area contributed by atoms with Crippen LogP contribution < -0.4 is 5.01 Å². The van der Waals surface area contributed by atoms with Crippen molar-refractivity contribution in [3.8, 4) is 0 Å². The molecule has 15 heavy (non-hydrogen) atoms. The summed E-state index contributed by atoms with van der Waals surface area (Å²) < 4.78 is 0. The zero-order valence-electron chi connectivity index (χ0n) is 7.82. The van der Waals surface area contributed by atoms with Crippen molar-refractivity contribution < 1.29 is 0 Å². The molecule has 0 aliphatic rings. The number of aromatic nitrogens is 2.